The molecular weight excluding hydrogens is 266 g/mol. The van der Waals surface area contributed by atoms with Crippen molar-refractivity contribution in [2.24, 2.45) is 0 Å². The van der Waals surface area contributed by atoms with Crippen molar-refractivity contribution in [1.29, 1.82) is 0 Å². The van der Waals surface area contributed by atoms with Gasteiger partial charge in [0.2, 0.25) is 0 Å². The van der Waals surface area contributed by atoms with E-state index in [1.54, 1.807) is 6.08 Å². The van der Waals surface area contributed by atoms with E-state index in [4.69, 9.17) is 5.11 Å². The first-order chi connectivity index (χ1) is 9.86. The molecule has 0 fully saturated rings. The predicted octanol–water partition coefficient (Wildman–Crippen LogP) is 2.80. The number of Topliss-reactive ketones (excluding diaryl/α,β-unsaturated/α-hetero) is 1. The lowest BCUT2D eigenvalue weighted by molar-refractivity contribution is -0.137. The molecule has 0 saturated heterocycles. The van der Waals surface area contributed by atoms with E-state index in [2.05, 4.69) is 11.9 Å². The van der Waals surface area contributed by atoms with Crippen LogP contribution in [0.25, 0.3) is 0 Å². The average molecular weight is 289 g/mol. The van der Waals surface area contributed by atoms with Gasteiger partial charge in [-0.05, 0) is 38.3 Å². The van der Waals surface area contributed by atoms with E-state index < -0.39 is 12.0 Å². The van der Waals surface area contributed by atoms with Gasteiger partial charge in [0.1, 0.15) is 0 Å². The Morgan fingerprint density at radius 3 is 2.33 bits per heavy atom. The van der Waals surface area contributed by atoms with Gasteiger partial charge in [0.25, 0.3) is 0 Å². The summed E-state index contributed by atoms with van der Waals surface area (Å²) in [6.45, 7) is 9.90. The third-order valence-corrected chi connectivity index (χ3v) is 3.40. The van der Waals surface area contributed by atoms with Crippen LogP contribution in [0.1, 0.15) is 39.9 Å². The minimum absolute atomic E-state index is 0.0372. The van der Waals surface area contributed by atoms with Crippen LogP contribution < -0.4 is 5.32 Å². The number of carboxylic acid groups (broad SMARTS) is 1. The largest absolute Gasteiger partial charge is 0.481 e. The molecule has 0 amide bonds. The highest BCUT2D eigenvalue weighted by Crippen LogP contribution is 2.19. The SMILES string of the molecule is C=CCNC(CCC(=O)O)C(=O)c1c(C)cc(C)cc1C. The van der Waals surface area contributed by atoms with E-state index in [1.165, 1.54) is 0 Å². The molecule has 4 nitrogen and oxygen atoms in total. The highest BCUT2D eigenvalue weighted by atomic mass is 16.4. The van der Waals surface area contributed by atoms with Crippen molar-refractivity contribution in [3.05, 3.63) is 47.0 Å². The summed E-state index contributed by atoms with van der Waals surface area (Å²) in [5, 5.41) is 11.9. The van der Waals surface area contributed by atoms with Crippen LogP contribution in [0, 0.1) is 20.8 Å². The smallest absolute Gasteiger partial charge is 0.303 e. The molecule has 21 heavy (non-hydrogen) atoms. The van der Waals surface area contributed by atoms with Gasteiger partial charge in [-0.25, -0.2) is 0 Å². The summed E-state index contributed by atoms with van der Waals surface area (Å²) < 4.78 is 0. The Morgan fingerprint density at radius 2 is 1.86 bits per heavy atom. The van der Waals surface area contributed by atoms with Gasteiger partial charge in [-0.2, -0.15) is 0 Å². The molecule has 0 spiro atoms. The highest BCUT2D eigenvalue weighted by molar-refractivity contribution is 6.02. The second kappa shape index (κ2) is 7.74. The first kappa shape index (κ1) is 17.1. The molecule has 114 valence electrons. The zero-order valence-corrected chi connectivity index (χ0v) is 12.9. The number of carbonyl (C=O) groups excluding carboxylic acids is 1. The minimum Gasteiger partial charge on any atom is -0.481 e. The molecule has 0 radical (unpaired) electrons. The van der Waals surface area contributed by atoms with Gasteiger partial charge < -0.3 is 10.4 Å². The summed E-state index contributed by atoms with van der Waals surface area (Å²) in [5.74, 6) is -0.946. The number of ketones is 1. The molecule has 0 saturated carbocycles. The molecule has 0 aliphatic rings. The van der Waals surface area contributed by atoms with Gasteiger partial charge in [0.15, 0.2) is 5.78 Å². The maximum absolute atomic E-state index is 12.7. The summed E-state index contributed by atoms with van der Waals surface area (Å²) in [6, 6.07) is 3.45. The number of rotatable bonds is 8. The first-order valence-corrected chi connectivity index (χ1v) is 7.05. The van der Waals surface area contributed by atoms with Gasteiger partial charge in [-0.1, -0.05) is 23.8 Å². The van der Waals surface area contributed by atoms with Gasteiger partial charge >= 0.3 is 5.97 Å². The van der Waals surface area contributed by atoms with Crippen molar-refractivity contribution < 1.29 is 14.7 Å². The quantitative estimate of drug-likeness (QED) is 0.570. The van der Waals surface area contributed by atoms with Crippen molar-refractivity contribution in [3.63, 3.8) is 0 Å². The molecule has 0 heterocycles. The highest BCUT2D eigenvalue weighted by Gasteiger charge is 2.23. The van der Waals surface area contributed by atoms with Crippen LogP contribution in [0.2, 0.25) is 0 Å². The number of aliphatic carboxylic acids is 1. The monoisotopic (exact) mass is 289 g/mol. The summed E-state index contributed by atoms with van der Waals surface area (Å²) in [6.07, 6.45) is 1.90. The molecule has 1 aromatic rings. The van der Waals surface area contributed by atoms with Gasteiger partial charge in [0.05, 0.1) is 6.04 Å². The Balaban J connectivity index is 3.03. The number of hydrogen-bond donors (Lipinski definition) is 2. The zero-order valence-electron chi connectivity index (χ0n) is 12.9. The van der Waals surface area contributed by atoms with Crippen molar-refractivity contribution in [2.75, 3.05) is 6.54 Å². The number of aryl methyl sites for hydroxylation is 3. The number of carbonyl (C=O) groups is 2. The van der Waals surface area contributed by atoms with Crippen LogP contribution in [-0.2, 0) is 4.79 Å². The molecule has 1 aromatic carbocycles. The van der Waals surface area contributed by atoms with E-state index >= 15 is 0 Å². The van der Waals surface area contributed by atoms with Crippen molar-refractivity contribution in [1.82, 2.24) is 5.32 Å². The van der Waals surface area contributed by atoms with Crippen molar-refractivity contribution in [2.45, 2.75) is 39.7 Å². The molecule has 0 aliphatic carbocycles. The molecule has 0 aromatic heterocycles. The molecule has 0 aliphatic heterocycles. The van der Waals surface area contributed by atoms with E-state index in [1.807, 2.05) is 32.9 Å². The van der Waals surface area contributed by atoms with Gasteiger partial charge in [-0.3, -0.25) is 9.59 Å². The third-order valence-electron chi connectivity index (χ3n) is 3.40. The van der Waals surface area contributed by atoms with E-state index in [0.29, 0.717) is 12.1 Å². The third kappa shape index (κ3) is 4.83. The number of hydrogen-bond acceptors (Lipinski definition) is 3. The average Bonchev–Trinajstić information content (AvgIpc) is 2.37. The fourth-order valence-electron chi connectivity index (χ4n) is 2.56. The normalized spacial score (nSPS) is 12.0. The summed E-state index contributed by atoms with van der Waals surface area (Å²) in [4.78, 5) is 23.5. The summed E-state index contributed by atoms with van der Waals surface area (Å²) in [7, 11) is 0. The lowest BCUT2D eigenvalue weighted by Gasteiger charge is -2.19. The fourth-order valence-corrected chi connectivity index (χ4v) is 2.56. The van der Waals surface area contributed by atoms with E-state index in [-0.39, 0.29) is 18.6 Å². The van der Waals surface area contributed by atoms with Gasteiger partial charge in [-0.15, -0.1) is 6.58 Å². The number of benzene rings is 1. The predicted molar refractivity (Wildman–Crippen MR) is 83.8 cm³/mol. The molecule has 4 heteroatoms. The lowest BCUT2D eigenvalue weighted by Crippen LogP contribution is -2.38. The van der Waals surface area contributed by atoms with E-state index in [9.17, 15) is 9.59 Å². The van der Waals surface area contributed by atoms with Crippen LogP contribution in [0.5, 0.6) is 0 Å². The van der Waals surface area contributed by atoms with Crippen molar-refractivity contribution in [3.8, 4) is 0 Å². The molecule has 1 unspecified atom stereocenters. The van der Waals surface area contributed by atoms with Crippen molar-refractivity contribution >= 4 is 11.8 Å². The van der Waals surface area contributed by atoms with E-state index in [0.717, 1.165) is 16.7 Å². The van der Waals surface area contributed by atoms with Crippen LogP contribution in [0.15, 0.2) is 24.8 Å². The Kier molecular flexibility index (Phi) is 6.31. The van der Waals surface area contributed by atoms with Crippen LogP contribution >= 0.6 is 0 Å². The second-order valence-electron chi connectivity index (χ2n) is 5.32. The van der Waals surface area contributed by atoms with Crippen LogP contribution in [0.3, 0.4) is 0 Å². The fraction of sp³-hybridized carbons (Fsp3) is 0.412. The molecule has 0 bridgehead atoms. The molecular formula is C17H23NO3. The van der Waals surface area contributed by atoms with Crippen LogP contribution in [-0.4, -0.2) is 29.4 Å². The zero-order chi connectivity index (χ0) is 16.0. The van der Waals surface area contributed by atoms with Gasteiger partial charge in [0, 0.05) is 18.5 Å². The molecule has 2 N–H and O–H groups in total. The Labute approximate surface area is 125 Å². The maximum Gasteiger partial charge on any atom is 0.303 e. The lowest BCUT2D eigenvalue weighted by atomic mass is 9.91. The van der Waals surface area contributed by atoms with Crippen LogP contribution in [0.4, 0.5) is 0 Å². The number of carboxylic acids is 1. The second-order valence-corrected chi connectivity index (χ2v) is 5.32. The summed E-state index contributed by atoms with van der Waals surface area (Å²) in [5.41, 5.74) is 3.66. The minimum atomic E-state index is -0.898. The topological polar surface area (TPSA) is 66.4 Å². The standard InChI is InChI=1S/C17H23NO3/c1-5-8-18-14(6-7-15(19)20)17(21)16-12(3)9-11(2)10-13(16)4/h5,9-10,14,18H,1,6-8H2,2-4H3,(H,19,20). The Morgan fingerprint density at radius 1 is 1.29 bits per heavy atom. The maximum atomic E-state index is 12.7. The summed E-state index contributed by atoms with van der Waals surface area (Å²) >= 11 is 0. The number of nitrogens with one attached hydrogen (secondary N) is 1. The Bertz CT molecular complexity index is 526. The molecule has 1 rings (SSSR count). The Hall–Kier alpha value is -1.94. The first-order valence-electron chi connectivity index (χ1n) is 7.05. The molecule has 1 atom stereocenters.